The molecule has 0 spiro atoms. The van der Waals surface area contributed by atoms with Crippen LogP contribution in [0.15, 0.2) is 24.3 Å². The standard InChI is InChI=1S/C16H27FN2S/c1-5-13(12-20-4)19(3)11-10-16(18-2)14-8-6-7-9-15(14)17/h6-9,13,16,18H,5,10-12H2,1-4H3. The molecule has 0 aromatic heterocycles. The molecule has 0 aliphatic rings. The Morgan fingerprint density at radius 1 is 1.35 bits per heavy atom. The summed E-state index contributed by atoms with van der Waals surface area (Å²) in [6.45, 7) is 3.20. The predicted octanol–water partition coefficient (Wildman–Crippen LogP) is 3.55. The fraction of sp³-hybridized carbons (Fsp3) is 0.625. The van der Waals surface area contributed by atoms with E-state index in [1.54, 1.807) is 6.07 Å². The van der Waals surface area contributed by atoms with Gasteiger partial charge in [-0.2, -0.15) is 11.8 Å². The zero-order valence-corrected chi connectivity index (χ0v) is 13.8. The number of benzene rings is 1. The van der Waals surface area contributed by atoms with Gasteiger partial charge < -0.3 is 10.2 Å². The Bertz CT molecular complexity index is 386. The predicted molar refractivity (Wildman–Crippen MR) is 87.9 cm³/mol. The number of nitrogens with one attached hydrogen (secondary N) is 1. The molecule has 0 fully saturated rings. The summed E-state index contributed by atoms with van der Waals surface area (Å²) in [7, 11) is 4.06. The fourth-order valence-corrected chi connectivity index (χ4v) is 3.35. The zero-order chi connectivity index (χ0) is 15.0. The molecule has 0 saturated heterocycles. The zero-order valence-electron chi connectivity index (χ0n) is 13.0. The fourth-order valence-electron chi connectivity index (χ4n) is 2.48. The molecular weight excluding hydrogens is 271 g/mol. The van der Waals surface area contributed by atoms with Crippen molar-refractivity contribution in [3.05, 3.63) is 35.6 Å². The number of halogens is 1. The lowest BCUT2D eigenvalue weighted by atomic mass is 10.0. The van der Waals surface area contributed by atoms with Gasteiger partial charge in [-0.3, -0.25) is 0 Å². The summed E-state index contributed by atoms with van der Waals surface area (Å²) in [6, 6.07) is 7.72. The lowest BCUT2D eigenvalue weighted by Gasteiger charge is -2.28. The van der Waals surface area contributed by atoms with Crippen LogP contribution in [-0.2, 0) is 0 Å². The number of hydrogen-bond acceptors (Lipinski definition) is 3. The maximum atomic E-state index is 13.8. The third-order valence-corrected chi connectivity index (χ3v) is 4.57. The van der Waals surface area contributed by atoms with Crippen LogP contribution < -0.4 is 5.32 Å². The SMILES string of the molecule is CCC(CSC)N(C)CCC(NC)c1ccccc1F. The number of nitrogens with zero attached hydrogens (tertiary/aromatic N) is 1. The van der Waals surface area contributed by atoms with Gasteiger partial charge in [0, 0.05) is 23.4 Å². The van der Waals surface area contributed by atoms with Crippen molar-refractivity contribution in [2.24, 2.45) is 0 Å². The molecule has 2 atom stereocenters. The minimum Gasteiger partial charge on any atom is -0.313 e. The van der Waals surface area contributed by atoms with Crippen molar-refractivity contribution in [3.8, 4) is 0 Å². The minimum atomic E-state index is -0.120. The van der Waals surface area contributed by atoms with Gasteiger partial charge in [0.15, 0.2) is 0 Å². The normalized spacial score (nSPS) is 14.5. The van der Waals surface area contributed by atoms with E-state index in [-0.39, 0.29) is 11.9 Å². The molecule has 114 valence electrons. The topological polar surface area (TPSA) is 15.3 Å². The monoisotopic (exact) mass is 298 g/mol. The van der Waals surface area contributed by atoms with E-state index in [4.69, 9.17) is 0 Å². The molecule has 0 heterocycles. The van der Waals surface area contributed by atoms with Crippen molar-refractivity contribution >= 4 is 11.8 Å². The number of thioether (sulfide) groups is 1. The number of hydrogen-bond donors (Lipinski definition) is 1. The van der Waals surface area contributed by atoms with Crippen LogP contribution in [0.5, 0.6) is 0 Å². The second-order valence-corrected chi connectivity index (χ2v) is 6.06. The van der Waals surface area contributed by atoms with Crippen LogP contribution in [0.1, 0.15) is 31.4 Å². The summed E-state index contributed by atoms with van der Waals surface area (Å²) in [6.07, 6.45) is 4.21. The van der Waals surface area contributed by atoms with Crippen molar-refractivity contribution in [2.75, 3.05) is 32.6 Å². The largest absolute Gasteiger partial charge is 0.313 e. The Labute approximate surface area is 127 Å². The van der Waals surface area contributed by atoms with Gasteiger partial charge in [0.25, 0.3) is 0 Å². The Hall–Kier alpha value is -0.580. The summed E-state index contributed by atoms with van der Waals surface area (Å²) >= 11 is 1.88. The van der Waals surface area contributed by atoms with E-state index in [1.807, 2.05) is 30.9 Å². The lowest BCUT2D eigenvalue weighted by molar-refractivity contribution is 0.242. The first-order chi connectivity index (χ1) is 9.63. The van der Waals surface area contributed by atoms with E-state index in [2.05, 4.69) is 30.4 Å². The molecule has 1 aromatic carbocycles. The summed E-state index contributed by atoms with van der Waals surface area (Å²) in [5.41, 5.74) is 0.765. The van der Waals surface area contributed by atoms with E-state index in [9.17, 15) is 4.39 Å². The molecule has 0 radical (unpaired) electrons. The highest BCUT2D eigenvalue weighted by Crippen LogP contribution is 2.20. The van der Waals surface area contributed by atoms with Crippen molar-refractivity contribution in [3.63, 3.8) is 0 Å². The van der Waals surface area contributed by atoms with Crippen LogP contribution in [0.2, 0.25) is 0 Å². The van der Waals surface area contributed by atoms with Crippen molar-refractivity contribution in [1.29, 1.82) is 0 Å². The molecule has 0 bridgehead atoms. The van der Waals surface area contributed by atoms with Gasteiger partial charge in [0.2, 0.25) is 0 Å². The Kier molecular flexibility index (Phi) is 8.19. The van der Waals surface area contributed by atoms with Gasteiger partial charge in [0.1, 0.15) is 5.82 Å². The Morgan fingerprint density at radius 2 is 2.05 bits per heavy atom. The highest BCUT2D eigenvalue weighted by atomic mass is 32.2. The second-order valence-electron chi connectivity index (χ2n) is 5.15. The molecule has 0 aliphatic carbocycles. The van der Waals surface area contributed by atoms with E-state index in [0.29, 0.717) is 6.04 Å². The average Bonchev–Trinajstić information content (AvgIpc) is 2.46. The summed E-state index contributed by atoms with van der Waals surface area (Å²) in [5.74, 6) is 1.03. The van der Waals surface area contributed by atoms with E-state index >= 15 is 0 Å². The number of rotatable bonds is 9. The van der Waals surface area contributed by atoms with Gasteiger partial charge >= 0.3 is 0 Å². The van der Waals surface area contributed by atoms with Crippen molar-refractivity contribution < 1.29 is 4.39 Å². The average molecular weight is 298 g/mol. The van der Waals surface area contributed by atoms with Crippen molar-refractivity contribution in [1.82, 2.24) is 10.2 Å². The third-order valence-electron chi connectivity index (χ3n) is 3.85. The molecule has 4 heteroatoms. The Balaban J connectivity index is 2.59. The quantitative estimate of drug-likeness (QED) is 0.750. The van der Waals surface area contributed by atoms with Crippen LogP contribution >= 0.6 is 11.8 Å². The first-order valence-electron chi connectivity index (χ1n) is 7.24. The maximum absolute atomic E-state index is 13.8. The van der Waals surface area contributed by atoms with E-state index in [1.165, 1.54) is 6.07 Å². The molecule has 2 unspecified atom stereocenters. The molecule has 2 nitrogen and oxygen atoms in total. The summed E-state index contributed by atoms with van der Waals surface area (Å²) in [5, 5.41) is 3.23. The van der Waals surface area contributed by atoms with Gasteiger partial charge in [-0.25, -0.2) is 4.39 Å². The molecule has 20 heavy (non-hydrogen) atoms. The summed E-state index contributed by atoms with van der Waals surface area (Å²) < 4.78 is 13.8. The molecule has 0 saturated carbocycles. The molecule has 1 aromatic rings. The van der Waals surface area contributed by atoms with Crippen LogP contribution in [0.4, 0.5) is 4.39 Å². The first kappa shape index (κ1) is 17.5. The van der Waals surface area contributed by atoms with E-state index < -0.39 is 0 Å². The van der Waals surface area contributed by atoms with Gasteiger partial charge in [-0.05, 0) is 45.8 Å². The molecule has 0 amide bonds. The smallest absolute Gasteiger partial charge is 0.127 e. The first-order valence-corrected chi connectivity index (χ1v) is 8.64. The third kappa shape index (κ3) is 5.08. The Morgan fingerprint density at radius 3 is 2.60 bits per heavy atom. The maximum Gasteiger partial charge on any atom is 0.127 e. The van der Waals surface area contributed by atoms with Gasteiger partial charge in [-0.1, -0.05) is 25.1 Å². The van der Waals surface area contributed by atoms with Crippen molar-refractivity contribution in [2.45, 2.75) is 31.8 Å². The molecular formula is C16H27FN2S. The van der Waals surface area contributed by atoms with Crippen LogP contribution in [0, 0.1) is 5.82 Å². The van der Waals surface area contributed by atoms with Crippen LogP contribution in [0.25, 0.3) is 0 Å². The molecule has 1 N–H and O–H groups in total. The highest BCUT2D eigenvalue weighted by Gasteiger charge is 2.17. The molecule has 0 aliphatic heterocycles. The second kappa shape index (κ2) is 9.37. The highest BCUT2D eigenvalue weighted by molar-refractivity contribution is 7.98. The lowest BCUT2D eigenvalue weighted by Crippen LogP contribution is -2.35. The van der Waals surface area contributed by atoms with Crippen LogP contribution in [0.3, 0.4) is 0 Å². The van der Waals surface area contributed by atoms with E-state index in [0.717, 1.165) is 30.7 Å². The van der Waals surface area contributed by atoms with Crippen LogP contribution in [-0.4, -0.2) is 43.6 Å². The molecule has 1 rings (SSSR count). The van der Waals surface area contributed by atoms with Gasteiger partial charge in [0.05, 0.1) is 0 Å². The van der Waals surface area contributed by atoms with Gasteiger partial charge in [-0.15, -0.1) is 0 Å². The summed E-state index contributed by atoms with van der Waals surface area (Å²) in [4.78, 5) is 2.39. The minimum absolute atomic E-state index is 0.0745.